The summed E-state index contributed by atoms with van der Waals surface area (Å²) in [6.45, 7) is 6.65. The fraction of sp³-hybridized carbons (Fsp3) is 0.588. The van der Waals surface area contributed by atoms with E-state index in [1.165, 1.54) is 32.6 Å². The summed E-state index contributed by atoms with van der Waals surface area (Å²) < 4.78 is 5.13. The second-order valence-electron chi connectivity index (χ2n) is 5.97. The number of aliphatic imine (C=N–C) groups is 1. The number of piperazine rings is 1. The first-order chi connectivity index (χ1) is 11.2. The number of ether oxygens (including phenoxy) is 1. The molecule has 0 atom stereocenters. The van der Waals surface area contributed by atoms with Crippen LogP contribution in [0, 0.1) is 0 Å². The van der Waals surface area contributed by atoms with E-state index in [-0.39, 0.29) is 24.0 Å². The smallest absolute Gasteiger partial charge is 0.193 e. The lowest BCUT2D eigenvalue weighted by molar-refractivity contribution is 0.152. The number of nitrogens with two attached hydrogens (primary N) is 1. The minimum Gasteiger partial charge on any atom is -0.497 e. The second-order valence-corrected chi connectivity index (χ2v) is 5.97. The van der Waals surface area contributed by atoms with E-state index in [9.17, 15) is 0 Å². The fourth-order valence-corrected chi connectivity index (χ4v) is 2.58. The Morgan fingerprint density at radius 2 is 1.83 bits per heavy atom. The maximum Gasteiger partial charge on any atom is 0.193 e. The minimum atomic E-state index is 0. The Morgan fingerprint density at radius 3 is 2.46 bits per heavy atom. The first-order valence-electron chi connectivity index (χ1n) is 8.29. The van der Waals surface area contributed by atoms with Crippen molar-refractivity contribution < 1.29 is 4.74 Å². The number of nitrogens with zero attached hydrogens (tertiary/aromatic N) is 3. The molecule has 0 unspecified atom stereocenters. The number of guanidine groups is 1. The van der Waals surface area contributed by atoms with E-state index in [2.05, 4.69) is 27.2 Å². The number of nitrogens with one attached hydrogen (secondary N) is 1. The van der Waals surface area contributed by atoms with Crippen LogP contribution in [-0.4, -0.2) is 69.2 Å². The second kappa shape index (κ2) is 11.5. The molecule has 0 aromatic heterocycles. The summed E-state index contributed by atoms with van der Waals surface area (Å²) in [6, 6.07) is 7.64. The Hall–Kier alpha value is -1.06. The number of methoxy groups -OCH3 is 1. The van der Waals surface area contributed by atoms with Gasteiger partial charge in [-0.05, 0) is 50.7 Å². The molecular formula is C17H30IN5O. The Labute approximate surface area is 162 Å². The number of benzene rings is 1. The number of rotatable bonds is 7. The molecule has 2 rings (SSSR count). The van der Waals surface area contributed by atoms with Gasteiger partial charge in [-0.3, -0.25) is 4.99 Å². The zero-order valence-electron chi connectivity index (χ0n) is 14.7. The molecule has 0 aliphatic carbocycles. The lowest BCUT2D eigenvalue weighted by atomic mass is 10.2. The van der Waals surface area contributed by atoms with Gasteiger partial charge in [0.25, 0.3) is 0 Å². The van der Waals surface area contributed by atoms with Gasteiger partial charge < -0.3 is 25.6 Å². The van der Waals surface area contributed by atoms with Gasteiger partial charge in [0.05, 0.1) is 7.11 Å². The van der Waals surface area contributed by atoms with Crippen LogP contribution in [0.4, 0.5) is 5.69 Å². The van der Waals surface area contributed by atoms with E-state index in [1.54, 1.807) is 7.11 Å². The molecular weight excluding hydrogens is 417 g/mol. The van der Waals surface area contributed by atoms with E-state index in [0.29, 0.717) is 5.96 Å². The number of likely N-dealkylation sites (N-methyl/N-ethyl adjacent to an activating group) is 1. The van der Waals surface area contributed by atoms with Crippen LogP contribution in [0.2, 0.25) is 0 Å². The normalized spacial score (nSPS) is 16.5. The van der Waals surface area contributed by atoms with Crippen LogP contribution in [0.25, 0.3) is 0 Å². The van der Waals surface area contributed by atoms with Crippen molar-refractivity contribution >= 4 is 35.6 Å². The molecule has 1 aliphatic heterocycles. The number of halogens is 1. The first-order valence-corrected chi connectivity index (χ1v) is 8.29. The molecule has 0 spiro atoms. The third-order valence-electron chi connectivity index (χ3n) is 4.12. The summed E-state index contributed by atoms with van der Waals surface area (Å²) in [4.78, 5) is 9.29. The van der Waals surface area contributed by atoms with Crippen LogP contribution < -0.4 is 15.8 Å². The highest BCUT2D eigenvalue weighted by Crippen LogP contribution is 2.14. The molecule has 0 saturated carbocycles. The Morgan fingerprint density at radius 1 is 1.17 bits per heavy atom. The van der Waals surface area contributed by atoms with Gasteiger partial charge in [-0.25, -0.2) is 0 Å². The van der Waals surface area contributed by atoms with Crippen molar-refractivity contribution in [2.75, 3.05) is 58.7 Å². The van der Waals surface area contributed by atoms with Crippen molar-refractivity contribution in [1.82, 2.24) is 9.80 Å². The first kappa shape index (κ1) is 21.0. The predicted octanol–water partition coefficient (Wildman–Crippen LogP) is 2.07. The Bertz CT molecular complexity index is 486. The summed E-state index contributed by atoms with van der Waals surface area (Å²) in [6.07, 6.45) is 2.24. The molecule has 1 fully saturated rings. The van der Waals surface area contributed by atoms with E-state index < -0.39 is 0 Å². The van der Waals surface area contributed by atoms with Crippen LogP contribution in [0.3, 0.4) is 0 Å². The van der Waals surface area contributed by atoms with Gasteiger partial charge in [0.1, 0.15) is 5.75 Å². The maximum atomic E-state index is 5.91. The third-order valence-corrected chi connectivity index (χ3v) is 4.12. The van der Waals surface area contributed by atoms with Gasteiger partial charge in [0, 0.05) is 38.4 Å². The van der Waals surface area contributed by atoms with Gasteiger partial charge in [-0.2, -0.15) is 0 Å². The van der Waals surface area contributed by atoms with Crippen molar-refractivity contribution in [2.45, 2.75) is 12.8 Å². The molecule has 136 valence electrons. The molecule has 0 bridgehead atoms. The van der Waals surface area contributed by atoms with E-state index >= 15 is 0 Å². The quantitative estimate of drug-likeness (QED) is 0.290. The predicted molar refractivity (Wildman–Crippen MR) is 112 cm³/mol. The van der Waals surface area contributed by atoms with Gasteiger partial charge >= 0.3 is 0 Å². The Balaban J connectivity index is 0.00000288. The SMILES string of the molecule is COc1ccc(NC(N)=NCCCCN2CCN(C)CC2)cc1.I. The summed E-state index contributed by atoms with van der Waals surface area (Å²) in [5, 5.41) is 3.09. The molecule has 0 amide bonds. The van der Waals surface area contributed by atoms with Crippen molar-refractivity contribution in [3.8, 4) is 5.75 Å². The molecule has 24 heavy (non-hydrogen) atoms. The summed E-state index contributed by atoms with van der Waals surface area (Å²) in [7, 11) is 3.84. The van der Waals surface area contributed by atoms with Crippen LogP contribution in [0.5, 0.6) is 5.75 Å². The molecule has 1 aromatic rings. The van der Waals surface area contributed by atoms with Gasteiger partial charge in [0.15, 0.2) is 5.96 Å². The summed E-state index contributed by atoms with van der Waals surface area (Å²) >= 11 is 0. The van der Waals surface area contributed by atoms with Crippen molar-refractivity contribution in [3.63, 3.8) is 0 Å². The molecule has 1 aliphatic rings. The number of hydrogen-bond donors (Lipinski definition) is 2. The van der Waals surface area contributed by atoms with Gasteiger partial charge in [0.2, 0.25) is 0 Å². The molecule has 1 aromatic carbocycles. The number of unbranched alkanes of at least 4 members (excludes halogenated alkanes) is 1. The van der Waals surface area contributed by atoms with Crippen LogP contribution in [0.15, 0.2) is 29.3 Å². The van der Waals surface area contributed by atoms with Crippen molar-refractivity contribution in [1.29, 1.82) is 0 Å². The van der Waals surface area contributed by atoms with Gasteiger partial charge in [-0.15, -0.1) is 24.0 Å². The Kier molecular flexibility index (Phi) is 10.0. The average Bonchev–Trinajstić information content (AvgIpc) is 2.57. The number of hydrogen-bond acceptors (Lipinski definition) is 4. The standard InChI is InChI=1S/C17H29N5O.HI/c1-21-11-13-22(14-12-21)10-4-3-9-19-17(18)20-15-5-7-16(23-2)8-6-15;/h5-8H,3-4,9-14H2,1-2H3,(H3,18,19,20);1H. The fourth-order valence-electron chi connectivity index (χ4n) is 2.58. The van der Waals surface area contributed by atoms with E-state index in [0.717, 1.165) is 30.9 Å². The molecule has 1 saturated heterocycles. The monoisotopic (exact) mass is 447 g/mol. The van der Waals surface area contributed by atoms with Gasteiger partial charge in [-0.1, -0.05) is 0 Å². The highest BCUT2D eigenvalue weighted by atomic mass is 127. The van der Waals surface area contributed by atoms with Crippen LogP contribution >= 0.6 is 24.0 Å². The van der Waals surface area contributed by atoms with E-state index in [4.69, 9.17) is 10.5 Å². The average molecular weight is 447 g/mol. The van der Waals surface area contributed by atoms with Crippen molar-refractivity contribution in [2.24, 2.45) is 10.7 Å². The number of anilines is 1. The summed E-state index contributed by atoms with van der Waals surface area (Å²) in [5.74, 6) is 1.30. The largest absolute Gasteiger partial charge is 0.497 e. The molecule has 1 heterocycles. The topological polar surface area (TPSA) is 66.1 Å². The minimum absolute atomic E-state index is 0. The maximum absolute atomic E-state index is 5.91. The molecule has 7 heteroatoms. The summed E-state index contributed by atoms with van der Waals surface area (Å²) in [5.41, 5.74) is 6.83. The highest BCUT2D eigenvalue weighted by Gasteiger charge is 2.12. The molecule has 3 N–H and O–H groups in total. The lowest BCUT2D eigenvalue weighted by Gasteiger charge is -2.32. The molecule has 6 nitrogen and oxygen atoms in total. The van der Waals surface area contributed by atoms with Crippen molar-refractivity contribution in [3.05, 3.63) is 24.3 Å². The van der Waals surface area contributed by atoms with Crippen LogP contribution in [-0.2, 0) is 0 Å². The molecule has 0 radical (unpaired) electrons. The van der Waals surface area contributed by atoms with E-state index in [1.807, 2.05) is 24.3 Å². The zero-order valence-corrected chi connectivity index (χ0v) is 17.0. The lowest BCUT2D eigenvalue weighted by Crippen LogP contribution is -2.44. The zero-order chi connectivity index (χ0) is 16.5. The highest BCUT2D eigenvalue weighted by molar-refractivity contribution is 14.0. The third kappa shape index (κ3) is 7.67. The van der Waals surface area contributed by atoms with Crippen LogP contribution in [0.1, 0.15) is 12.8 Å².